The lowest BCUT2D eigenvalue weighted by Crippen LogP contribution is -2.27. The molecule has 3 aromatic heterocycles. The van der Waals surface area contributed by atoms with Crippen LogP contribution in [0.2, 0.25) is 5.02 Å². The van der Waals surface area contributed by atoms with Gasteiger partial charge in [-0.15, -0.1) is 0 Å². The third kappa shape index (κ3) is 5.84. The first-order valence-corrected chi connectivity index (χ1v) is 14.3. The molecule has 11 nitrogen and oxygen atoms in total. The molecule has 0 bridgehead atoms. The number of nitrogens with zero attached hydrogens (tertiary/aromatic N) is 4. The quantitative estimate of drug-likeness (QED) is 0.270. The van der Waals surface area contributed by atoms with Gasteiger partial charge in [0.2, 0.25) is 17.7 Å². The number of benzene rings is 1. The molecule has 0 saturated heterocycles. The van der Waals surface area contributed by atoms with Crippen LogP contribution in [-0.2, 0) is 14.8 Å². The molecule has 5 rings (SSSR count). The molecule has 1 aliphatic carbocycles. The summed E-state index contributed by atoms with van der Waals surface area (Å²) in [5.74, 6) is -2.92. The Balaban J connectivity index is 1.41. The molecule has 3 N–H and O–H groups in total. The van der Waals surface area contributed by atoms with Crippen molar-refractivity contribution in [2.24, 2.45) is 5.92 Å². The van der Waals surface area contributed by atoms with E-state index in [1.165, 1.54) is 31.6 Å². The topological polar surface area (TPSA) is 148 Å². The van der Waals surface area contributed by atoms with E-state index in [4.69, 9.17) is 16.3 Å². The van der Waals surface area contributed by atoms with Crippen molar-refractivity contribution in [3.8, 4) is 17.0 Å². The number of aromatic nitrogens is 4. The van der Waals surface area contributed by atoms with E-state index in [1.54, 1.807) is 13.1 Å². The van der Waals surface area contributed by atoms with Gasteiger partial charge in [-0.3, -0.25) is 9.52 Å². The van der Waals surface area contributed by atoms with Gasteiger partial charge in [0.15, 0.2) is 22.3 Å². The summed E-state index contributed by atoms with van der Waals surface area (Å²) in [6.07, 6.45) is 5.63. The van der Waals surface area contributed by atoms with Crippen LogP contribution in [-0.4, -0.2) is 54.5 Å². The van der Waals surface area contributed by atoms with Crippen LogP contribution >= 0.6 is 11.6 Å². The number of hydrogen-bond donors (Lipinski definition) is 3. The number of carbonyl (C=O) groups is 1. The van der Waals surface area contributed by atoms with Gasteiger partial charge in [0, 0.05) is 36.8 Å². The standard InChI is InChI=1S/C26H24ClF2N7O4S/c1-30-24(37)14-3-5-17(8-14)34-26-33-10-15-7-13(4-6-19(15)35-26)21-18(28)12-31-23(22(21)29)36-41(38,39)20-9-16(27)11-32-25(20)40-2/h4,6-7,9-12,14,17H,3,5,8H2,1-2H3,(H,30,37)(H,31,36)(H,33,34,35). The summed E-state index contributed by atoms with van der Waals surface area (Å²) in [6, 6.07) is 5.64. The first-order valence-electron chi connectivity index (χ1n) is 12.4. The van der Waals surface area contributed by atoms with Gasteiger partial charge in [-0.05, 0) is 43.0 Å². The fourth-order valence-electron chi connectivity index (χ4n) is 4.73. The highest BCUT2D eigenvalue weighted by Crippen LogP contribution is 2.33. The molecule has 2 atom stereocenters. The van der Waals surface area contributed by atoms with E-state index in [1.807, 2.05) is 4.72 Å². The third-order valence-corrected chi connectivity index (χ3v) is 8.26. The second kappa shape index (κ2) is 11.4. The smallest absolute Gasteiger partial charge is 0.268 e. The normalized spacial score (nSPS) is 16.9. The van der Waals surface area contributed by atoms with Crippen molar-refractivity contribution < 1.29 is 26.7 Å². The summed E-state index contributed by atoms with van der Waals surface area (Å²) >= 11 is 5.88. The maximum atomic E-state index is 15.6. The lowest BCUT2D eigenvalue weighted by molar-refractivity contribution is -0.124. The number of rotatable bonds is 8. The summed E-state index contributed by atoms with van der Waals surface area (Å²) in [6.45, 7) is 0. The van der Waals surface area contributed by atoms with Crippen LogP contribution in [0.4, 0.5) is 20.5 Å². The van der Waals surface area contributed by atoms with Crippen LogP contribution in [0, 0.1) is 17.6 Å². The molecule has 214 valence electrons. The summed E-state index contributed by atoms with van der Waals surface area (Å²) < 4.78 is 63.4. The number of halogens is 3. The average molecular weight is 604 g/mol. The molecule has 1 aromatic carbocycles. The average Bonchev–Trinajstić information content (AvgIpc) is 3.42. The van der Waals surface area contributed by atoms with Crippen LogP contribution < -0.4 is 20.1 Å². The molecule has 1 fully saturated rings. The Labute approximate surface area is 238 Å². The molecule has 3 heterocycles. The minimum absolute atomic E-state index is 0.00692. The second-order valence-electron chi connectivity index (χ2n) is 9.34. The van der Waals surface area contributed by atoms with Gasteiger partial charge in [-0.1, -0.05) is 17.7 Å². The largest absolute Gasteiger partial charge is 0.480 e. The molecule has 0 spiro atoms. The predicted molar refractivity (Wildman–Crippen MR) is 148 cm³/mol. The highest BCUT2D eigenvalue weighted by atomic mass is 35.5. The molecule has 4 aromatic rings. The highest BCUT2D eigenvalue weighted by Gasteiger charge is 2.30. The van der Waals surface area contributed by atoms with E-state index >= 15 is 4.39 Å². The van der Waals surface area contributed by atoms with E-state index in [0.29, 0.717) is 29.5 Å². The van der Waals surface area contributed by atoms with Crippen molar-refractivity contribution in [2.45, 2.75) is 30.2 Å². The maximum absolute atomic E-state index is 15.6. The number of carbonyl (C=O) groups excluding carboxylic acids is 1. The molecule has 1 saturated carbocycles. The number of fused-ring (bicyclic) bond motifs is 1. The lowest BCUT2D eigenvalue weighted by atomic mass is 10.0. The van der Waals surface area contributed by atoms with Crippen molar-refractivity contribution in [1.82, 2.24) is 25.3 Å². The summed E-state index contributed by atoms with van der Waals surface area (Å²) in [5, 5.41) is 6.42. The molecule has 0 aliphatic heterocycles. The number of pyridine rings is 2. The van der Waals surface area contributed by atoms with Gasteiger partial charge in [0.05, 0.1) is 29.4 Å². The fraction of sp³-hybridized carbons (Fsp3) is 0.269. The fourth-order valence-corrected chi connectivity index (χ4v) is 6.11. The van der Waals surface area contributed by atoms with Gasteiger partial charge in [0.25, 0.3) is 10.0 Å². The van der Waals surface area contributed by atoms with Gasteiger partial charge in [-0.25, -0.2) is 37.1 Å². The first kappa shape index (κ1) is 28.4. The number of ether oxygens (including phenoxy) is 1. The molecule has 2 unspecified atom stereocenters. The number of amides is 1. The van der Waals surface area contributed by atoms with Gasteiger partial charge >= 0.3 is 0 Å². The van der Waals surface area contributed by atoms with Gasteiger partial charge in [-0.2, -0.15) is 0 Å². The van der Waals surface area contributed by atoms with Gasteiger partial charge in [0.1, 0.15) is 0 Å². The summed E-state index contributed by atoms with van der Waals surface area (Å²) in [4.78, 5) is 27.7. The van der Waals surface area contributed by atoms with E-state index in [9.17, 15) is 17.6 Å². The Hall–Kier alpha value is -4.17. The van der Waals surface area contributed by atoms with Crippen LogP contribution in [0.25, 0.3) is 22.0 Å². The second-order valence-corrected chi connectivity index (χ2v) is 11.4. The van der Waals surface area contributed by atoms with Gasteiger partial charge < -0.3 is 15.4 Å². The Morgan fingerprint density at radius 3 is 2.66 bits per heavy atom. The monoisotopic (exact) mass is 603 g/mol. The molecular formula is C26H24ClF2N7O4S. The van der Waals surface area contributed by atoms with Crippen molar-refractivity contribution in [3.63, 3.8) is 0 Å². The summed E-state index contributed by atoms with van der Waals surface area (Å²) in [7, 11) is -1.64. The Morgan fingerprint density at radius 1 is 1.10 bits per heavy atom. The van der Waals surface area contributed by atoms with Crippen LogP contribution in [0.1, 0.15) is 19.3 Å². The van der Waals surface area contributed by atoms with E-state index in [0.717, 1.165) is 18.9 Å². The molecule has 15 heteroatoms. The molecule has 1 aliphatic rings. The number of methoxy groups -OCH3 is 1. The molecule has 41 heavy (non-hydrogen) atoms. The van der Waals surface area contributed by atoms with Crippen LogP contribution in [0.3, 0.4) is 0 Å². The Bertz CT molecular complexity index is 1760. The first-order chi connectivity index (χ1) is 19.6. The third-order valence-electron chi connectivity index (χ3n) is 6.72. The molecule has 0 radical (unpaired) electrons. The van der Waals surface area contributed by atoms with E-state index in [2.05, 4.69) is 30.6 Å². The van der Waals surface area contributed by atoms with E-state index in [-0.39, 0.29) is 34.3 Å². The minimum atomic E-state index is -4.47. The zero-order valence-corrected chi connectivity index (χ0v) is 23.4. The minimum Gasteiger partial charge on any atom is -0.480 e. The number of sulfonamides is 1. The van der Waals surface area contributed by atoms with Crippen molar-refractivity contribution in [3.05, 3.63) is 59.5 Å². The SMILES string of the molecule is CNC(=O)C1CCC(Nc2ncc3cc(-c4c(F)cnc(NS(=O)(=O)c5cc(Cl)cnc5OC)c4F)ccc3n2)C1. The van der Waals surface area contributed by atoms with Crippen molar-refractivity contribution >= 4 is 50.2 Å². The van der Waals surface area contributed by atoms with Crippen molar-refractivity contribution in [1.29, 1.82) is 0 Å². The Kier molecular flexibility index (Phi) is 7.87. The Morgan fingerprint density at radius 2 is 1.90 bits per heavy atom. The number of hydrogen-bond acceptors (Lipinski definition) is 9. The summed E-state index contributed by atoms with van der Waals surface area (Å²) in [5.41, 5.74) is 0.138. The zero-order valence-electron chi connectivity index (χ0n) is 21.8. The predicted octanol–water partition coefficient (Wildman–Crippen LogP) is 4.15. The number of anilines is 2. The zero-order chi connectivity index (χ0) is 29.3. The van der Waals surface area contributed by atoms with E-state index < -0.39 is 37.9 Å². The maximum Gasteiger partial charge on any atom is 0.268 e. The highest BCUT2D eigenvalue weighted by molar-refractivity contribution is 7.92. The molecule has 1 amide bonds. The molecular weight excluding hydrogens is 580 g/mol. The van der Waals surface area contributed by atoms with Crippen LogP contribution in [0.5, 0.6) is 5.88 Å². The lowest BCUT2D eigenvalue weighted by Gasteiger charge is -2.14. The number of nitrogens with one attached hydrogen (secondary N) is 3. The van der Waals surface area contributed by atoms with Crippen LogP contribution in [0.15, 0.2) is 47.8 Å². The van der Waals surface area contributed by atoms with Crippen molar-refractivity contribution in [2.75, 3.05) is 24.2 Å².